The first-order valence-corrected chi connectivity index (χ1v) is 9.89. The molecule has 2 aromatic carbocycles. The summed E-state index contributed by atoms with van der Waals surface area (Å²) in [6.07, 6.45) is 0. The van der Waals surface area contributed by atoms with Crippen molar-refractivity contribution in [1.29, 1.82) is 0 Å². The summed E-state index contributed by atoms with van der Waals surface area (Å²) in [5.41, 5.74) is 5.43. The molecule has 0 bridgehead atoms. The Morgan fingerprint density at radius 2 is 1.37 bits per heavy atom. The number of rotatable bonds is 3. The van der Waals surface area contributed by atoms with Crippen molar-refractivity contribution < 1.29 is 12.8 Å². The molecule has 2 N–H and O–H groups in total. The van der Waals surface area contributed by atoms with E-state index in [1.807, 2.05) is 42.5 Å². The predicted octanol–water partition coefficient (Wildman–Crippen LogP) is 4.91. The molecule has 0 amide bonds. The van der Waals surface area contributed by atoms with Gasteiger partial charge in [0, 0.05) is 0 Å². The Morgan fingerprint density at radius 3 is 2.07 bits per heavy atom. The molecule has 3 nitrogen and oxygen atoms in total. The fourth-order valence-electron chi connectivity index (χ4n) is 3.29. The van der Waals surface area contributed by atoms with E-state index in [1.165, 1.54) is 24.3 Å². The van der Waals surface area contributed by atoms with E-state index in [1.54, 1.807) is 18.2 Å². The number of primary sulfonamides is 1. The van der Waals surface area contributed by atoms with Gasteiger partial charge in [0.15, 0.2) is 0 Å². The van der Waals surface area contributed by atoms with Gasteiger partial charge in [0.1, 0.15) is 5.82 Å². The lowest BCUT2D eigenvalue weighted by Gasteiger charge is -2.08. The Kier molecular flexibility index (Phi) is 4.26. The van der Waals surface area contributed by atoms with Crippen molar-refractivity contribution in [3.8, 4) is 33.4 Å². The van der Waals surface area contributed by atoms with Crippen LogP contribution in [0.3, 0.4) is 0 Å². The Hall–Kier alpha value is -3.02. The fourth-order valence-corrected chi connectivity index (χ4v) is 3.81. The van der Waals surface area contributed by atoms with Crippen molar-refractivity contribution in [2.45, 2.75) is 4.90 Å². The number of hydrogen-bond donors (Lipinski definition) is 1. The first-order valence-electron chi connectivity index (χ1n) is 8.34. The number of sulfonamides is 1. The second kappa shape index (κ2) is 6.61. The molecule has 2 aliphatic rings. The minimum atomic E-state index is -3.75. The first-order chi connectivity index (χ1) is 12.9. The van der Waals surface area contributed by atoms with Crippen molar-refractivity contribution in [3.63, 3.8) is 0 Å². The Labute approximate surface area is 157 Å². The third-order valence-electron chi connectivity index (χ3n) is 4.52. The van der Waals surface area contributed by atoms with Crippen molar-refractivity contribution in [3.05, 3.63) is 90.7 Å². The van der Waals surface area contributed by atoms with Gasteiger partial charge in [-0.3, -0.25) is 0 Å². The van der Waals surface area contributed by atoms with Crippen LogP contribution in [-0.4, -0.2) is 8.42 Å². The number of halogens is 1. The van der Waals surface area contributed by atoms with Gasteiger partial charge in [0.25, 0.3) is 0 Å². The molecular formula is C22H16FNO2S. The molecule has 2 aromatic rings. The van der Waals surface area contributed by atoms with E-state index in [0.29, 0.717) is 0 Å². The zero-order valence-electron chi connectivity index (χ0n) is 14.3. The predicted molar refractivity (Wildman–Crippen MR) is 105 cm³/mol. The van der Waals surface area contributed by atoms with Gasteiger partial charge in [0.05, 0.1) is 4.90 Å². The van der Waals surface area contributed by atoms with E-state index >= 15 is 0 Å². The van der Waals surface area contributed by atoms with Gasteiger partial charge in [-0.25, -0.2) is 17.9 Å². The molecule has 5 heteroatoms. The summed E-state index contributed by atoms with van der Waals surface area (Å²) < 4.78 is 36.9. The third kappa shape index (κ3) is 3.35. The summed E-state index contributed by atoms with van der Waals surface area (Å²) in [7, 11) is -3.75. The van der Waals surface area contributed by atoms with Gasteiger partial charge in [-0.05, 0) is 63.7 Å². The summed E-state index contributed by atoms with van der Waals surface area (Å²) in [6, 6.07) is 24.7. The van der Waals surface area contributed by atoms with E-state index in [2.05, 4.69) is 0 Å². The second-order valence-electron chi connectivity index (χ2n) is 6.29. The van der Waals surface area contributed by atoms with Gasteiger partial charge >= 0.3 is 0 Å². The van der Waals surface area contributed by atoms with Gasteiger partial charge in [0.2, 0.25) is 10.0 Å². The molecule has 0 atom stereocenters. The molecule has 4 rings (SSSR count). The lowest BCUT2D eigenvalue weighted by molar-refractivity contribution is 0.598. The average Bonchev–Trinajstić information content (AvgIpc) is 2.84. The lowest BCUT2D eigenvalue weighted by atomic mass is 9.96. The minimum absolute atomic E-state index is 0.0565. The highest BCUT2D eigenvalue weighted by Gasteiger charge is 2.18. The van der Waals surface area contributed by atoms with Crippen LogP contribution in [-0.2, 0) is 10.0 Å². The summed E-state index contributed by atoms with van der Waals surface area (Å²) in [5, 5.41) is 5.19. The third-order valence-corrected chi connectivity index (χ3v) is 5.45. The maximum Gasteiger partial charge on any atom is 0.238 e. The van der Waals surface area contributed by atoms with Crippen molar-refractivity contribution in [2.75, 3.05) is 0 Å². The Balaban J connectivity index is 1.98. The summed E-state index contributed by atoms with van der Waals surface area (Å²) >= 11 is 0. The molecule has 0 radical (unpaired) electrons. The van der Waals surface area contributed by atoms with Crippen molar-refractivity contribution in [1.82, 2.24) is 0 Å². The molecule has 0 spiro atoms. The van der Waals surface area contributed by atoms with Gasteiger partial charge in [-0.15, -0.1) is 0 Å². The van der Waals surface area contributed by atoms with Crippen molar-refractivity contribution >= 4 is 10.0 Å². The van der Waals surface area contributed by atoms with Crippen LogP contribution in [0.2, 0.25) is 0 Å². The minimum Gasteiger partial charge on any atom is -0.225 e. The van der Waals surface area contributed by atoms with Crippen LogP contribution >= 0.6 is 0 Å². The Morgan fingerprint density at radius 1 is 0.667 bits per heavy atom. The van der Waals surface area contributed by atoms with E-state index in [9.17, 15) is 12.8 Å². The van der Waals surface area contributed by atoms with Crippen LogP contribution in [0.5, 0.6) is 0 Å². The van der Waals surface area contributed by atoms with Crippen molar-refractivity contribution in [2.24, 2.45) is 5.14 Å². The highest BCUT2D eigenvalue weighted by Crippen LogP contribution is 2.44. The lowest BCUT2D eigenvalue weighted by Crippen LogP contribution is -2.11. The molecule has 0 aliphatic heterocycles. The Bertz CT molecular complexity index is 1200. The monoisotopic (exact) mass is 377 g/mol. The van der Waals surface area contributed by atoms with Crippen LogP contribution in [0.1, 0.15) is 0 Å². The second-order valence-corrected chi connectivity index (χ2v) is 7.85. The molecule has 0 saturated heterocycles. The smallest absolute Gasteiger partial charge is 0.225 e. The maximum atomic E-state index is 13.9. The molecule has 0 heterocycles. The summed E-state index contributed by atoms with van der Waals surface area (Å²) in [4.78, 5) is 0.0565. The van der Waals surface area contributed by atoms with Crippen LogP contribution in [0.4, 0.5) is 4.39 Å². The van der Waals surface area contributed by atoms with E-state index in [4.69, 9.17) is 5.14 Å². The van der Waals surface area contributed by atoms with Gasteiger partial charge < -0.3 is 0 Å². The number of hydrogen-bond acceptors (Lipinski definition) is 2. The number of benzene rings is 2. The average molecular weight is 377 g/mol. The SMILES string of the molecule is NS(=O)(=O)c1ccc(-c2cc3cccccc-3c2-c2cccc(F)c2)cc1. The molecule has 0 saturated carbocycles. The summed E-state index contributed by atoms with van der Waals surface area (Å²) in [5.74, 6) is -0.308. The maximum absolute atomic E-state index is 13.9. The quantitative estimate of drug-likeness (QED) is 0.551. The van der Waals surface area contributed by atoms with Crippen LogP contribution in [0.15, 0.2) is 89.8 Å². The van der Waals surface area contributed by atoms with E-state index in [-0.39, 0.29) is 10.7 Å². The normalized spacial score (nSPS) is 11.6. The number of fused-ring (bicyclic) bond motifs is 1. The molecule has 2 aliphatic carbocycles. The summed E-state index contributed by atoms with van der Waals surface area (Å²) in [6.45, 7) is 0. The standard InChI is InChI=1S/C22H16FNO2S/c23-18-7-4-6-17(13-18)22-20-8-3-1-2-5-16(20)14-21(22)15-9-11-19(12-10-15)27(24,25)26/h1-14H,(H2,24,25,26). The largest absolute Gasteiger partial charge is 0.238 e. The fraction of sp³-hybridized carbons (Fsp3) is 0. The molecule has 0 aromatic heterocycles. The zero-order valence-corrected chi connectivity index (χ0v) is 15.1. The van der Waals surface area contributed by atoms with Gasteiger partial charge in [-0.2, -0.15) is 0 Å². The zero-order chi connectivity index (χ0) is 19.0. The van der Waals surface area contributed by atoms with E-state index < -0.39 is 10.0 Å². The van der Waals surface area contributed by atoms with E-state index in [0.717, 1.165) is 33.4 Å². The molecule has 0 fully saturated rings. The van der Waals surface area contributed by atoms with Gasteiger partial charge in [-0.1, -0.05) is 54.6 Å². The number of nitrogens with two attached hydrogens (primary N) is 1. The highest BCUT2D eigenvalue weighted by molar-refractivity contribution is 7.89. The van der Waals surface area contributed by atoms with Crippen LogP contribution in [0, 0.1) is 5.82 Å². The molecule has 134 valence electrons. The first kappa shape index (κ1) is 17.4. The van der Waals surface area contributed by atoms with Crippen LogP contribution < -0.4 is 5.14 Å². The molecule has 0 unspecified atom stereocenters. The molecular weight excluding hydrogens is 361 g/mol. The topological polar surface area (TPSA) is 60.2 Å². The van der Waals surface area contributed by atoms with Crippen LogP contribution in [0.25, 0.3) is 33.4 Å². The molecule has 27 heavy (non-hydrogen) atoms. The highest BCUT2D eigenvalue weighted by atomic mass is 32.2.